The summed E-state index contributed by atoms with van der Waals surface area (Å²) in [7, 11) is 0. The van der Waals surface area contributed by atoms with Crippen LogP contribution >= 0.6 is 27.5 Å². The molecule has 1 heterocycles. The lowest BCUT2D eigenvalue weighted by molar-refractivity contribution is -0.123. The molecule has 0 aliphatic carbocycles. The second-order valence-electron chi connectivity index (χ2n) is 8.24. The molecule has 5 nitrogen and oxygen atoms in total. The molecule has 1 saturated heterocycles. The van der Waals surface area contributed by atoms with E-state index in [0.717, 1.165) is 36.8 Å². The smallest absolute Gasteiger partial charge is 0.251 e. The molecule has 0 saturated carbocycles. The second kappa shape index (κ2) is 9.89. The number of rotatable bonds is 5. The van der Waals surface area contributed by atoms with Gasteiger partial charge in [-0.1, -0.05) is 27.5 Å². The number of nitrogens with zero attached hydrogens (tertiary/aromatic N) is 1. The molecule has 2 amide bonds. The number of likely N-dealkylation sites (tertiary alicyclic amines) is 1. The third-order valence-electron chi connectivity index (χ3n) is 4.50. The quantitative estimate of drug-likeness (QED) is 0.704. The molecule has 1 aliphatic heterocycles. The molecule has 7 heteroatoms. The predicted molar refractivity (Wildman–Crippen MR) is 113 cm³/mol. The number of hydrogen-bond acceptors (Lipinski definition) is 3. The summed E-state index contributed by atoms with van der Waals surface area (Å²) in [4.78, 5) is 26.7. The van der Waals surface area contributed by atoms with Gasteiger partial charge in [-0.3, -0.25) is 14.5 Å². The molecular weight excluding hydrogens is 430 g/mol. The Bertz CT molecular complexity index is 655. The molecule has 0 bridgehead atoms. The van der Waals surface area contributed by atoms with E-state index in [0.29, 0.717) is 29.6 Å². The van der Waals surface area contributed by atoms with Gasteiger partial charge in [-0.25, -0.2) is 0 Å². The van der Waals surface area contributed by atoms with Crippen LogP contribution in [0.1, 0.15) is 50.4 Å². The number of amides is 2. The van der Waals surface area contributed by atoms with E-state index >= 15 is 0 Å². The van der Waals surface area contributed by atoms with E-state index < -0.39 is 0 Å². The molecular formula is C20H29BrClN3O2. The summed E-state index contributed by atoms with van der Waals surface area (Å²) >= 11 is 9.37. The van der Waals surface area contributed by atoms with Gasteiger partial charge >= 0.3 is 0 Å². The highest BCUT2D eigenvalue weighted by Crippen LogP contribution is 2.20. The topological polar surface area (TPSA) is 61.4 Å². The standard InChI is InChI=1S/C20H29BrClN3O2/c1-20(2,3)24-18(26)13-25-7-4-5-14(6-8-25)12-23-19(27)15-9-16(21)11-17(22)10-15/h9-11,14H,4-8,12-13H2,1-3H3,(H,23,27)(H,24,26). The Hall–Kier alpha value is -1.11. The summed E-state index contributed by atoms with van der Waals surface area (Å²) in [6.07, 6.45) is 3.06. The van der Waals surface area contributed by atoms with Crippen molar-refractivity contribution in [3.63, 3.8) is 0 Å². The maximum Gasteiger partial charge on any atom is 0.251 e. The summed E-state index contributed by atoms with van der Waals surface area (Å²) in [6.45, 7) is 8.85. The average molecular weight is 459 g/mol. The molecule has 1 aromatic carbocycles. The predicted octanol–water partition coefficient (Wildman–Crippen LogP) is 3.85. The zero-order valence-corrected chi connectivity index (χ0v) is 18.6. The Morgan fingerprint density at radius 3 is 2.63 bits per heavy atom. The van der Waals surface area contributed by atoms with Crippen molar-refractivity contribution in [1.82, 2.24) is 15.5 Å². The summed E-state index contributed by atoms with van der Waals surface area (Å²) in [5.41, 5.74) is 0.355. The number of carbonyl (C=O) groups is 2. The highest BCUT2D eigenvalue weighted by molar-refractivity contribution is 9.10. The first-order chi connectivity index (χ1) is 12.6. The Labute approximate surface area is 175 Å². The van der Waals surface area contributed by atoms with Crippen molar-refractivity contribution in [2.45, 2.75) is 45.6 Å². The van der Waals surface area contributed by atoms with Gasteiger partial charge in [0.2, 0.25) is 5.91 Å². The Balaban J connectivity index is 1.79. The first-order valence-electron chi connectivity index (χ1n) is 9.40. The van der Waals surface area contributed by atoms with E-state index in [1.165, 1.54) is 0 Å². The molecule has 27 heavy (non-hydrogen) atoms. The van der Waals surface area contributed by atoms with Crippen LogP contribution in [0, 0.1) is 5.92 Å². The number of nitrogens with one attached hydrogen (secondary N) is 2. The molecule has 150 valence electrons. The van der Waals surface area contributed by atoms with Crippen molar-refractivity contribution in [2.75, 3.05) is 26.2 Å². The molecule has 0 aromatic heterocycles. The lowest BCUT2D eigenvalue weighted by Gasteiger charge is -2.24. The Morgan fingerprint density at radius 2 is 1.96 bits per heavy atom. The number of carbonyl (C=O) groups excluding carboxylic acids is 2. The van der Waals surface area contributed by atoms with Crippen molar-refractivity contribution >= 4 is 39.3 Å². The first-order valence-corrected chi connectivity index (χ1v) is 10.6. The molecule has 1 fully saturated rings. The van der Waals surface area contributed by atoms with Crippen LogP contribution in [-0.4, -0.2) is 48.4 Å². The lowest BCUT2D eigenvalue weighted by Crippen LogP contribution is -2.46. The second-order valence-corrected chi connectivity index (χ2v) is 9.59. The van der Waals surface area contributed by atoms with Crippen molar-refractivity contribution in [1.29, 1.82) is 0 Å². The van der Waals surface area contributed by atoms with E-state index in [4.69, 9.17) is 11.6 Å². The zero-order chi connectivity index (χ0) is 20.0. The molecule has 0 radical (unpaired) electrons. The van der Waals surface area contributed by atoms with Crippen molar-refractivity contribution in [3.8, 4) is 0 Å². The molecule has 2 rings (SSSR count). The number of benzene rings is 1. The zero-order valence-electron chi connectivity index (χ0n) is 16.3. The van der Waals surface area contributed by atoms with Crippen LogP contribution in [0.3, 0.4) is 0 Å². The minimum atomic E-state index is -0.203. The van der Waals surface area contributed by atoms with Crippen LogP contribution in [0.25, 0.3) is 0 Å². The fraction of sp³-hybridized carbons (Fsp3) is 0.600. The highest BCUT2D eigenvalue weighted by atomic mass is 79.9. The van der Waals surface area contributed by atoms with Gasteiger partial charge in [0.05, 0.1) is 6.54 Å². The molecule has 1 atom stereocenters. The monoisotopic (exact) mass is 457 g/mol. The number of halogens is 2. The van der Waals surface area contributed by atoms with Crippen molar-refractivity contribution < 1.29 is 9.59 Å². The van der Waals surface area contributed by atoms with Gasteiger partial charge in [0.1, 0.15) is 0 Å². The summed E-state index contributed by atoms with van der Waals surface area (Å²) in [6, 6.07) is 5.20. The summed E-state index contributed by atoms with van der Waals surface area (Å²) < 4.78 is 0.791. The van der Waals surface area contributed by atoms with Gasteiger partial charge in [-0.05, 0) is 77.2 Å². The molecule has 1 unspecified atom stereocenters. The maximum absolute atomic E-state index is 12.4. The fourth-order valence-corrected chi connectivity index (χ4v) is 4.13. The minimum absolute atomic E-state index is 0.0702. The third kappa shape index (κ3) is 8.20. The first kappa shape index (κ1) is 22.2. The third-order valence-corrected chi connectivity index (χ3v) is 5.17. The fourth-order valence-electron chi connectivity index (χ4n) is 3.27. The van der Waals surface area contributed by atoms with E-state index in [1.54, 1.807) is 18.2 Å². The number of hydrogen-bond donors (Lipinski definition) is 2. The average Bonchev–Trinajstić information content (AvgIpc) is 2.75. The summed E-state index contributed by atoms with van der Waals surface area (Å²) in [5, 5.41) is 6.57. The van der Waals surface area contributed by atoms with Gasteiger partial charge in [0, 0.05) is 27.1 Å². The Morgan fingerprint density at radius 1 is 1.22 bits per heavy atom. The van der Waals surface area contributed by atoms with Gasteiger partial charge < -0.3 is 10.6 Å². The molecule has 0 spiro atoms. The van der Waals surface area contributed by atoms with Gasteiger partial charge in [-0.2, -0.15) is 0 Å². The molecule has 2 N–H and O–H groups in total. The van der Waals surface area contributed by atoms with Crippen LogP contribution in [-0.2, 0) is 4.79 Å². The normalized spacial score (nSPS) is 18.6. The highest BCUT2D eigenvalue weighted by Gasteiger charge is 2.21. The van der Waals surface area contributed by atoms with Gasteiger partial charge in [-0.15, -0.1) is 0 Å². The van der Waals surface area contributed by atoms with Crippen LogP contribution in [0.5, 0.6) is 0 Å². The maximum atomic E-state index is 12.4. The van der Waals surface area contributed by atoms with Crippen LogP contribution in [0.4, 0.5) is 0 Å². The van der Waals surface area contributed by atoms with Gasteiger partial charge in [0.25, 0.3) is 5.91 Å². The van der Waals surface area contributed by atoms with Crippen LogP contribution in [0.2, 0.25) is 5.02 Å². The SMILES string of the molecule is CC(C)(C)NC(=O)CN1CCCC(CNC(=O)c2cc(Cl)cc(Br)c2)CC1. The molecule has 1 aliphatic rings. The van der Waals surface area contributed by atoms with E-state index in [-0.39, 0.29) is 17.4 Å². The van der Waals surface area contributed by atoms with Crippen LogP contribution < -0.4 is 10.6 Å². The van der Waals surface area contributed by atoms with Crippen LogP contribution in [0.15, 0.2) is 22.7 Å². The minimum Gasteiger partial charge on any atom is -0.352 e. The Kier molecular flexibility index (Phi) is 8.13. The van der Waals surface area contributed by atoms with E-state index in [1.807, 2.05) is 20.8 Å². The van der Waals surface area contributed by atoms with Crippen molar-refractivity contribution in [3.05, 3.63) is 33.3 Å². The lowest BCUT2D eigenvalue weighted by atomic mass is 10.0. The largest absolute Gasteiger partial charge is 0.352 e. The molecule has 1 aromatic rings. The van der Waals surface area contributed by atoms with E-state index in [9.17, 15) is 9.59 Å². The van der Waals surface area contributed by atoms with Crippen molar-refractivity contribution in [2.24, 2.45) is 5.92 Å². The summed E-state index contributed by atoms with van der Waals surface area (Å²) in [5.74, 6) is 0.386. The van der Waals surface area contributed by atoms with Gasteiger partial charge in [0.15, 0.2) is 0 Å². The van der Waals surface area contributed by atoms with E-state index in [2.05, 4.69) is 31.5 Å².